The summed E-state index contributed by atoms with van der Waals surface area (Å²) in [4.78, 5) is 11.3. The summed E-state index contributed by atoms with van der Waals surface area (Å²) in [6.45, 7) is 4.51. The average molecular weight is 650 g/mol. The zero-order valence-electron chi connectivity index (χ0n) is 16.8. The molecule has 0 radical (unpaired) electrons. The SMILES string of the molecule is CCO[C@@H](Cc1ccc(OC/C=C(\C)C#CC2(Br)C=CC=C(Br)C2)c(I)c1)C(=O)O. The Balaban J connectivity index is 1.95. The summed E-state index contributed by atoms with van der Waals surface area (Å²) in [5.74, 6) is 6.24. The number of rotatable bonds is 8. The van der Waals surface area contributed by atoms with E-state index in [0.717, 1.165) is 31.4 Å². The number of aliphatic carboxylic acids is 1. The van der Waals surface area contributed by atoms with Crippen LogP contribution in [0.3, 0.4) is 0 Å². The number of allylic oxidation sites excluding steroid dienone is 5. The van der Waals surface area contributed by atoms with Gasteiger partial charge in [0.05, 0.1) is 3.57 Å². The minimum atomic E-state index is -0.953. The van der Waals surface area contributed by atoms with Crippen LogP contribution < -0.4 is 4.74 Å². The van der Waals surface area contributed by atoms with Gasteiger partial charge in [-0.1, -0.05) is 68.0 Å². The van der Waals surface area contributed by atoms with Crippen molar-refractivity contribution in [1.82, 2.24) is 0 Å². The summed E-state index contributed by atoms with van der Waals surface area (Å²) >= 11 is 9.40. The van der Waals surface area contributed by atoms with Gasteiger partial charge in [0.1, 0.15) is 16.7 Å². The first-order chi connectivity index (χ1) is 14.2. The molecule has 2 atom stereocenters. The number of hydrogen-bond donors (Lipinski definition) is 1. The Kier molecular flexibility index (Phi) is 10.1. The van der Waals surface area contributed by atoms with E-state index in [1.165, 1.54) is 0 Å². The fourth-order valence-corrected chi connectivity index (χ4v) is 4.95. The summed E-state index contributed by atoms with van der Waals surface area (Å²) < 4.78 is 12.8. The first kappa shape index (κ1) is 25.2. The molecular weight excluding hydrogens is 627 g/mol. The van der Waals surface area contributed by atoms with E-state index in [1.54, 1.807) is 6.92 Å². The van der Waals surface area contributed by atoms with Crippen LogP contribution in [0.25, 0.3) is 0 Å². The van der Waals surface area contributed by atoms with Crippen LogP contribution in [0, 0.1) is 15.4 Å². The van der Waals surface area contributed by atoms with Crippen LogP contribution in [0.4, 0.5) is 0 Å². The minimum absolute atomic E-state index is 0.322. The molecule has 4 nitrogen and oxygen atoms in total. The highest BCUT2D eigenvalue weighted by atomic mass is 127. The molecular formula is C23H23Br2IO4. The van der Waals surface area contributed by atoms with Crippen molar-refractivity contribution in [1.29, 1.82) is 0 Å². The van der Waals surface area contributed by atoms with Crippen LogP contribution in [0.15, 0.2) is 52.6 Å². The smallest absolute Gasteiger partial charge is 0.333 e. The molecule has 30 heavy (non-hydrogen) atoms. The van der Waals surface area contributed by atoms with E-state index in [4.69, 9.17) is 9.47 Å². The van der Waals surface area contributed by atoms with E-state index in [-0.39, 0.29) is 4.32 Å². The van der Waals surface area contributed by atoms with Gasteiger partial charge in [0.2, 0.25) is 0 Å². The molecule has 1 aromatic rings. The normalized spacial score (nSPS) is 19.5. The molecule has 0 aromatic heterocycles. The first-order valence-electron chi connectivity index (χ1n) is 9.41. The van der Waals surface area contributed by atoms with Gasteiger partial charge in [-0.15, -0.1) is 0 Å². The number of hydrogen-bond acceptors (Lipinski definition) is 3. The molecule has 0 saturated heterocycles. The van der Waals surface area contributed by atoms with Gasteiger partial charge in [-0.25, -0.2) is 4.79 Å². The van der Waals surface area contributed by atoms with Gasteiger partial charge >= 0.3 is 5.97 Å². The van der Waals surface area contributed by atoms with Crippen LogP contribution in [0.2, 0.25) is 0 Å². The van der Waals surface area contributed by atoms with Crippen molar-refractivity contribution in [2.24, 2.45) is 0 Å². The van der Waals surface area contributed by atoms with E-state index in [2.05, 4.69) is 66.3 Å². The topological polar surface area (TPSA) is 55.8 Å². The second-order valence-corrected chi connectivity index (χ2v) is 10.3. The molecule has 0 aliphatic heterocycles. The van der Waals surface area contributed by atoms with Crippen molar-refractivity contribution >= 4 is 60.4 Å². The molecule has 7 heteroatoms. The Bertz CT molecular complexity index is 927. The molecule has 1 aliphatic rings. The molecule has 0 heterocycles. The van der Waals surface area contributed by atoms with Crippen LogP contribution in [0.5, 0.6) is 5.75 Å². The van der Waals surface area contributed by atoms with Crippen LogP contribution in [-0.4, -0.2) is 34.7 Å². The fraction of sp³-hybridized carbons (Fsp3) is 0.348. The summed E-state index contributed by atoms with van der Waals surface area (Å²) in [7, 11) is 0. The number of alkyl halides is 1. The highest BCUT2D eigenvalue weighted by Crippen LogP contribution is 2.33. The second-order valence-electron chi connectivity index (χ2n) is 6.71. The molecule has 0 spiro atoms. The van der Waals surface area contributed by atoms with Crippen molar-refractivity contribution in [3.63, 3.8) is 0 Å². The third kappa shape index (κ3) is 8.22. The molecule has 2 rings (SSSR count). The number of carboxylic acid groups (broad SMARTS) is 1. The van der Waals surface area contributed by atoms with Gasteiger partial charge in [0, 0.05) is 19.4 Å². The van der Waals surface area contributed by atoms with Crippen LogP contribution in [0.1, 0.15) is 25.8 Å². The maximum atomic E-state index is 11.3. The summed E-state index contributed by atoms with van der Waals surface area (Å²) in [5.41, 5.74) is 1.83. The lowest BCUT2D eigenvalue weighted by atomic mass is 10.0. The van der Waals surface area contributed by atoms with E-state index in [1.807, 2.05) is 49.4 Å². The largest absolute Gasteiger partial charge is 0.488 e. The third-order valence-corrected chi connectivity index (χ3v) is 6.35. The van der Waals surface area contributed by atoms with Gasteiger partial charge < -0.3 is 14.6 Å². The van der Waals surface area contributed by atoms with Gasteiger partial charge in [0.25, 0.3) is 0 Å². The quantitative estimate of drug-likeness (QED) is 0.213. The van der Waals surface area contributed by atoms with Crippen molar-refractivity contribution in [2.45, 2.75) is 37.1 Å². The van der Waals surface area contributed by atoms with Gasteiger partial charge in [-0.2, -0.15) is 0 Å². The number of ether oxygens (including phenoxy) is 2. The second kappa shape index (κ2) is 12.1. The Morgan fingerprint density at radius 1 is 1.47 bits per heavy atom. The Labute approximate surface area is 208 Å². The monoisotopic (exact) mass is 648 g/mol. The molecule has 160 valence electrons. The Morgan fingerprint density at radius 3 is 2.87 bits per heavy atom. The molecule has 1 N–H and O–H groups in total. The van der Waals surface area contributed by atoms with E-state index in [0.29, 0.717) is 19.6 Å². The average Bonchev–Trinajstić information content (AvgIpc) is 2.67. The predicted octanol–water partition coefficient (Wildman–Crippen LogP) is 6.02. The van der Waals surface area contributed by atoms with Crippen LogP contribution >= 0.6 is 54.5 Å². The summed E-state index contributed by atoms with van der Waals surface area (Å²) in [6.07, 6.45) is 8.26. The van der Waals surface area contributed by atoms with E-state index in [9.17, 15) is 9.90 Å². The lowest BCUT2D eigenvalue weighted by Crippen LogP contribution is -2.26. The summed E-state index contributed by atoms with van der Waals surface area (Å²) in [5, 5.41) is 9.23. The molecule has 0 saturated carbocycles. The van der Waals surface area contributed by atoms with Crippen LogP contribution in [-0.2, 0) is 16.0 Å². The van der Waals surface area contributed by atoms with Gasteiger partial charge in [-0.3, -0.25) is 0 Å². The molecule has 0 amide bonds. The molecule has 0 bridgehead atoms. The van der Waals surface area contributed by atoms with Gasteiger partial charge in [0.15, 0.2) is 6.10 Å². The Morgan fingerprint density at radius 2 is 2.23 bits per heavy atom. The minimum Gasteiger partial charge on any atom is -0.488 e. The zero-order chi connectivity index (χ0) is 22.1. The lowest BCUT2D eigenvalue weighted by Gasteiger charge is -2.19. The molecule has 1 aromatic carbocycles. The van der Waals surface area contributed by atoms with Crippen molar-refractivity contribution in [2.75, 3.05) is 13.2 Å². The maximum absolute atomic E-state index is 11.3. The Hall–Kier alpha value is -1.08. The number of benzene rings is 1. The summed E-state index contributed by atoms with van der Waals surface area (Å²) in [6, 6.07) is 5.66. The number of carboxylic acids is 1. The highest BCUT2D eigenvalue weighted by Gasteiger charge is 2.23. The van der Waals surface area contributed by atoms with E-state index < -0.39 is 12.1 Å². The number of halogens is 3. The van der Waals surface area contributed by atoms with E-state index >= 15 is 0 Å². The first-order valence-corrected chi connectivity index (χ1v) is 12.1. The fourth-order valence-electron chi connectivity index (χ4n) is 2.69. The van der Waals surface area contributed by atoms with Gasteiger partial charge in [-0.05, 0) is 70.3 Å². The molecule has 0 fully saturated rings. The predicted molar refractivity (Wildman–Crippen MR) is 135 cm³/mol. The molecule has 1 aliphatic carbocycles. The number of carbonyl (C=O) groups is 1. The van der Waals surface area contributed by atoms with Crippen molar-refractivity contribution in [3.8, 4) is 17.6 Å². The molecule has 1 unspecified atom stereocenters. The highest BCUT2D eigenvalue weighted by molar-refractivity contribution is 14.1. The maximum Gasteiger partial charge on any atom is 0.333 e. The van der Waals surface area contributed by atoms with Crippen molar-refractivity contribution in [3.05, 3.63) is 61.7 Å². The standard InChI is InChI=1S/C23H23Br2IO4/c1-3-29-21(22(27)28)14-17-6-7-20(19(26)13-17)30-12-9-16(2)8-11-23(25)10-4-5-18(24)15-23/h4-7,9-10,13,21H,3,12,14-15H2,1-2H3,(H,27,28)/b16-9+/t21-,23?/m0/s1. The third-order valence-electron chi connectivity index (χ3n) is 4.22. The van der Waals surface area contributed by atoms with Crippen molar-refractivity contribution < 1.29 is 19.4 Å². The lowest BCUT2D eigenvalue weighted by molar-refractivity contribution is -0.149. The zero-order valence-corrected chi connectivity index (χ0v) is 22.1.